The molecule has 0 aliphatic carbocycles. The van der Waals surface area contributed by atoms with Gasteiger partial charge in [0.1, 0.15) is 6.54 Å². The van der Waals surface area contributed by atoms with E-state index in [1.807, 2.05) is 65.0 Å². The van der Waals surface area contributed by atoms with E-state index in [1.165, 1.54) is 24.3 Å². The maximum atomic E-state index is 12.7. The van der Waals surface area contributed by atoms with Gasteiger partial charge in [-0.25, -0.2) is 0 Å². The molecule has 1 saturated heterocycles. The molecule has 0 saturated carbocycles. The lowest BCUT2D eigenvalue weighted by Crippen LogP contribution is -2.40. The zero-order valence-electron chi connectivity index (χ0n) is 35.0. The molecule has 0 spiro atoms. The summed E-state index contributed by atoms with van der Waals surface area (Å²) in [4.78, 5) is 51.9. The topological polar surface area (TPSA) is 251 Å². The van der Waals surface area contributed by atoms with Crippen molar-refractivity contribution in [1.29, 1.82) is 0 Å². The molecule has 3 aliphatic heterocycles. The van der Waals surface area contributed by atoms with Crippen LogP contribution in [0.15, 0.2) is 82.3 Å². The minimum absolute atomic E-state index is 0.00836. The van der Waals surface area contributed by atoms with Crippen LogP contribution in [0.4, 0.5) is 11.4 Å². The van der Waals surface area contributed by atoms with Crippen molar-refractivity contribution in [2.24, 2.45) is 11.5 Å². The first-order valence-corrected chi connectivity index (χ1v) is 23.9. The Morgan fingerprint density at radius 2 is 1.59 bits per heavy atom. The van der Waals surface area contributed by atoms with E-state index >= 15 is 0 Å². The molecular weight excluding hydrogens is 845 g/mol. The maximum Gasteiger partial charge on any atom is 0.294 e. The Labute approximate surface area is 361 Å². The van der Waals surface area contributed by atoms with E-state index in [4.69, 9.17) is 11.5 Å². The van der Waals surface area contributed by atoms with Crippen LogP contribution in [-0.4, -0.2) is 108 Å². The Hall–Kier alpha value is -4.66. The molecule has 3 aliphatic rings. The highest BCUT2D eigenvalue weighted by Gasteiger charge is 2.45. The number of unbranched alkanes of at least 4 members (excludes halogenated alkanes) is 2. The number of benzene rings is 2. The second kappa shape index (κ2) is 18.8. The number of anilines is 1. The van der Waals surface area contributed by atoms with Crippen LogP contribution in [0.2, 0.25) is 0 Å². The molecule has 61 heavy (non-hydrogen) atoms. The SMILES string of the molecule is CCN1/C(=C/C=C/C=C/C2=[N+](CCCCCC(=O)NCCN3C(=O)CC(SC[C@@H](N)C(N)=O)C3=O)c3ccc(S(=O)(=O)O)cc3C2(C)C)C(C)(C)c2cc(S(=O)(=O)O)ccc21. The normalized spacial score (nSPS) is 19.7. The van der Waals surface area contributed by atoms with E-state index in [9.17, 15) is 45.1 Å². The molecular formula is C42H55N6O10S3+. The van der Waals surface area contributed by atoms with Crippen molar-refractivity contribution in [3.63, 3.8) is 0 Å². The lowest BCUT2D eigenvalue weighted by atomic mass is 9.81. The van der Waals surface area contributed by atoms with Crippen LogP contribution in [0.25, 0.3) is 0 Å². The van der Waals surface area contributed by atoms with Gasteiger partial charge in [0.2, 0.25) is 29.3 Å². The van der Waals surface area contributed by atoms with Gasteiger partial charge in [0.25, 0.3) is 20.2 Å². The summed E-state index contributed by atoms with van der Waals surface area (Å²) in [6, 6.07) is 8.26. The van der Waals surface area contributed by atoms with Crippen LogP contribution in [0.1, 0.15) is 77.8 Å². The van der Waals surface area contributed by atoms with Crippen LogP contribution >= 0.6 is 11.8 Å². The lowest BCUT2D eigenvalue weighted by molar-refractivity contribution is -0.438. The Bertz CT molecular complexity index is 2440. The lowest BCUT2D eigenvalue weighted by Gasteiger charge is -2.25. The standard InChI is InChI=1S/C42H54N6O10S3/c1-6-46-32-18-16-27(60(53,54)55)23-29(32)41(2,3)35(46)13-9-7-10-14-36-42(4,5)30-24-28(61(56,57)58)17-19-33(30)47(36)21-12-8-11-15-37(49)45-20-22-48-38(50)25-34(40(48)52)59-26-31(43)39(44)51/h7,9-10,13-14,16-19,23-24,31,34H,6,8,11-12,15,20-22,25-26,43H2,1-5H3,(H4-,44,45,49,51,53,54,55,56,57,58)/p+1/t31-,34?/m1/s1. The minimum Gasteiger partial charge on any atom is -0.368 e. The van der Waals surface area contributed by atoms with Crippen LogP contribution in [0, 0.1) is 0 Å². The molecule has 0 radical (unpaired) electrons. The molecule has 5 rings (SSSR count). The van der Waals surface area contributed by atoms with Crippen molar-refractivity contribution in [3.05, 3.63) is 83.6 Å². The fourth-order valence-corrected chi connectivity index (χ4v) is 10.2. The highest BCUT2D eigenvalue weighted by atomic mass is 32.2. The summed E-state index contributed by atoms with van der Waals surface area (Å²) in [6.45, 7) is 11.3. The smallest absolute Gasteiger partial charge is 0.294 e. The van der Waals surface area contributed by atoms with Crippen LogP contribution < -0.4 is 21.7 Å². The van der Waals surface area contributed by atoms with E-state index < -0.39 is 48.3 Å². The van der Waals surface area contributed by atoms with Gasteiger partial charge >= 0.3 is 0 Å². The molecule has 2 atom stereocenters. The second-order valence-corrected chi connectivity index (χ2v) is 20.3. The molecule has 0 bridgehead atoms. The van der Waals surface area contributed by atoms with Gasteiger partial charge in [0.05, 0.1) is 26.5 Å². The Balaban J connectivity index is 1.22. The largest absolute Gasteiger partial charge is 0.368 e. The summed E-state index contributed by atoms with van der Waals surface area (Å²) < 4.78 is 69.6. The van der Waals surface area contributed by atoms with E-state index in [0.29, 0.717) is 32.4 Å². The second-order valence-electron chi connectivity index (χ2n) is 16.2. The number of nitrogens with two attached hydrogens (primary N) is 2. The van der Waals surface area contributed by atoms with Crippen molar-refractivity contribution in [2.75, 3.05) is 36.8 Å². The summed E-state index contributed by atoms with van der Waals surface area (Å²) in [5.74, 6) is -1.52. The molecule has 2 aromatic carbocycles. The number of hydrogen-bond acceptors (Lipinski definition) is 11. The first-order chi connectivity index (χ1) is 28.5. The summed E-state index contributed by atoms with van der Waals surface area (Å²) in [6.07, 6.45) is 11.8. The van der Waals surface area contributed by atoms with Crippen molar-refractivity contribution >= 4 is 72.7 Å². The number of thioether (sulfide) groups is 1. The third-order valence-corrected chi connectivity index (χ3v) is 14.4. The highest BCUT2D eigenvalue weighted by molar-refractivity contribution is 8.00. The number of nitrogens with zero attached hydrogens (tertiary/aromatic N) is 3. The fourth-order valence-electron chi connectivity index (χ4n) is 8.02. The summed E-state index contributed by atoms with van der Waals surface area (Å²) in [5.41, 5.74) is 14.6. The third kappa shape index (κ3) is 10.5. The zero-order valence-corrected chi connectivity index (χ0v) is 37.4. The van der Waals surface area contributed by atoms with Crippen molar-refractivity contribution < 1.29 is 49.7 Å². The average Bonchev–Trinajstić information content (AvgIpc) is 3.67. The zero-order chi connectivity index (χ0) is 45.1. The highest BCUT2D eigenvalue weighted by Crippen LogP contribution is 2.48. The van der Waals surface area contributed by atoms with Gasteiger partial charge in [-0.2, -0.15) is 21.4 Å². The number of carbonyl (C=O) groups is 4. The van der Waals surface area contributed by atoms with E-state index in [0.717, 1.165) is 50.6 Å². The predicted octanol–water partition coefficient (Wildman–Crippen LogP) is 3.72. The first kappa shape index (κ1) is 47.4. The van der Waals surface area contributed by atoms with E-state index in [-0.39, 0.29) is 59.2 Å². The van der Waals surface area contributed by atoms with Gasteiger partial charge in [-0.1, -0.05) is 32.1 Å². The molecule has 7 N–H and O–H groups in total. The number of fused-ring (bicyclic) bond motifs is 2. The number of likely N-dealkylation sites (tertiary alicyclic amines) is 1. The number of rotatable bonds is 19. The van der Waals surface area contributed by atoms with Crippen LogP contribution in [-0.2, 0) is 50.2 Å². The molecule has 2 aromatic rings. The number of likely N-dealkylation sites (N-methyl/N-ethyl adjacent to an activating group) is 1. The van der Waals surface area contributed by atoms with Crippen LogP contribution in [0.5, 0.6) is 0 Å². The predicted molar refractivity (Wildman–Crippen MR) is 234 cm³/mol. The van der Waals surface area contributed by atoms with Crippen molar-refractivity contribution in [1.82, 2.24) is 10.2 Å². The van der Waals surface area contributed by atoms with Crippen molar-refractivity contribution in [2.45, 2.75) is 98.6 Å². The molecule has 1 fully saturated rings. The number of carbonyl (C=O) groups excluding carboxylic acids is 4. The number of nitrogens with one attached hydrogen (secondary N) is 1. The van der Waals surface area contributed by atoms with E-state index in [2.05, 4.69) is 14.8 Å². The maximum absolute atomic E-state index is 12.7. The number of allylic oxidation sites excluding steroid dienone is 6. The monoisotopic (exact) mass is 899 g/mol. The average molecular weight is 900 g/mol. The van der Waals surface area contributed by atoms with Gasteiger partial charge < -0.3 is 21.7 Å². The van der Waals surface area contributed by atoms with Crippen molar-refractivity contribution in [3.8, 4) is 0 Å². The van der Waals surface area contributed by atoms with Gasteiger partial charge in [-0.05, 0) is 75.6 Å². The molecule has 1 unspecified atom stereocenters. The summed E-state index contributed by atoms with van der Waals surface area (Å²) >= 11 is 1.11. The molecule has 330 valence electrons. The summed E-state index contributed by atoms with van der Waals surface area (Å²) in [7, 11) is -8.83. The minimum atomic E-state index is -4.45. The van der Waals surface area contributed by atoms with Gasteiger partial charge in [0.15, 0.2) is 5.71 Å². The molecule has 19 heteroatoms. The third-order valence-electron chi connectivity index (χ3n) is 11.4. The molecule has 3 heterocycles. The van der Waals surface area contributed by atoms with E-state index in [1.54, 1.807) is 12.1 Å². The quantitative estimate of drug-likeness (QED) is 0.0444. The summed E-state index contributed by atoms with van der Waals surface area (Å²) in [5, 5.41) is 2.13. The number of amides is 4. The first-order valence-electron chi connectivity index (χ1n) is 20.0. The van der Waals surface area contributed by atoms with Crippen LogP contribution in [0.3, 0.4) is 0 Å². The Morgan fingerprint density at radius 3 is 2.23 bits per heavy atom. The van der Waals surface area contributed by atoms with Gasteiger partial charge in [0, 0.05) is 79.2 Å². The number of hydrogen-bond donors (Lipinski definition) is 5. The Kier molecular flexibility index (Phi) is 14.6. The molecule has 16 nitrogen and oxygen atoms in total. The number of primary amides is 1. The van der Waals surface area contributed by atoms with Gasteiger partial charge in [-0.3, -0.25) is 33.2 Å². The molecule has 0 aromatic heterocycles. The molecule has 4 amide bonds. The Morgan fingerprint density at radius 1 is 0.934 bits per heavy atom. The van der Waals surface area contributed by atoms with Gasteiger partial charge in [-0.15, -0.1) is 11.8 Å². The fraction of sp³-hybridized carbons (Fsp3) is 0.452. The number of imide groups is 1.